The van der Waals surface area contributed by atoms with Crippen molar-refractivity contribution in [2.24, 2.45) is 0 Å². The van der Waals surface area contributed by atoms with Gasteiger partial charge in [0.05, 0.1) is 11.3 Å². The molecule has 9 heteroatoms. The third-order valence-corrected chi connectivity index (χ3v) is 4.01. The Kier molecular flexibility index (Phi) is 5.66. The number of hydrogen-bond acceptors (Lipinski definition) is 4. The first kappa shape index (κ1) is 18.1. The summed E-state index contributed by atoms with van der Waals surface area (Å²) in [7, 11) is 0. The van der Waals surface area contributed by atoms with Crippen LogP contribution in [-0.4, -0.2) is 26.4 Å². The lowest BCUT2D eigenvalue weighted by Gasteiger charge is -2.09. The van der Waals surface area contributed by atoms with Crippen molar-refractivity contribution in [2.45, 2.75) is 24.8 Å². The highest BCUT2D eigenvalue weighted by atomic mass is 32.2. The number of amides is 1. The van der Waals surface area contributed by atoms with Gasteiger partial charge in [0.2, 0.25) is 5.91 Å². The topological polar surface area (TPSA) is 59.8 Å². The second-order valence-electron chi connectivity index (χ2n) is 4.84. The van der Waals surface area contributed by atoms with Crippen LogP contribution in [0, 0.1) is 6.92 Å². The summed E-state index contributed by atoms with van der Waals surface area (Å²) >= 11 is 1.19. The van der Waals surface area contributed by atoms with Crippen molar-refractivity contribution >= 4 is 23.4 Å². The van der Waals surface area contributed by atoms with Gasteiger partial charge >= 0.3 is 6.18 Å². The van der Waals surface area contributed by atoms with Crippen LogP contribution in [0.25, 0.3) is 0 Å². The molecule has 0 atom stereocenters. The Balaban J connectivity index is 1.93. The van der Waals surface area contributed by atoms with Crippen molar-refractivity contribution in [3.05, 3.63) is 48.3 Å². The maximum Gasteiger partial charge on any atom is 0.416 e. The normalized spacial score (nSPS) is 11.3. The number of hydrogen-bond donors (Lipinski definition) is 1. The van der Waals surface area contributed by atoms with Gasteiger partial charge in [0.1, 0.15) is 5.82 Å². The van der Waals surface area contributed by atoms with Gasteiger partial charge in [-0.2, -0.15) is 13.2 Å². The molecule has 0 fully saturated rings. The van der Waals surface area contributed by atoms with E-state index in [-0.39, 0.29) is 11.7 Å². The zero-order valence-corrected chi connectivity index (χ0v) is 13.6. The van der Waals surface area contributed by atoms with E-state index in [9.17, 15) is 18.0 Å². The molecule has 0 unspecified atom stereocenters. The Morgan fingerprint density at radius 3 is 2.58 bits per heavy atom. The first-order valence-corrected chi connectivity index (χ1v) is 7.90. The molecule has 2 aromatic rings. The molecule has 0 spiro atoms. The number of thioether (sulfide) groups is 1. The second-order valence-corrected chi connectivity index (χ2v) is 5.78. The molecule has 1 amide bonds. The van der Waals surface area contributed by atoms with Gasteiger partial charge in [-0.15, -0.1) is 16.8 Å². The smallest absolute Gasteiger partial charge is 0.325 e. The van der Waals surface area contributed by atoms with Crippen molar-refractivity contribution in [1.82, 2.24) is 14.8 Å². The SMILES string of the molecule is C=CCn1c(C)nnc1SCC(=O)Nc1ccc(C(F)(F)F)cc1. The van der Waals surface area contributed by atoms with Gasteiger partial charge in [0.15, 0.2) is 5.16 Å². The summed E-state index contributed by atoms with van der Waals surface area (Å²) in [4.78, 5) is 11.9. The predicted molar refractivity (Wildman–Crippen MR) is 85.8 cm³/mol. The van der Waals surface area contributed by atoms with E-state index >= 15 is 0 Å². The Bertz CT molecular complexity index is 725. The number of halogens is 3. The minimum Gasteiger partial charge on any atom is -0.325 e. The predicted octanol–water partition coefficient (Wildman–Crippen LogP) is 3.52. The van der Waals surface area contributed by atoms with Gasteiger partial charge in [0.25, 0.3) is 0 Å². The molecule has 24 heavy (non-hydrogen) atoms. The van der Waals surface area contributed by atoms with E-state index in [0.717, 1.165) is 12.1 Å². The molecule has 0 bridgehead atoms. The van der Waals surface area contributed by atoms with Crippen LogP contribution < -0.4 is 5.32 Å². The molecular formula is C15H15F3N4OS. The second kappa shape index (κ2) is 7.52. The summed E-state index contributed by atoms with van der Waals surface area (Å²) in [5.41, 5.74) is -0.458. The lowest BCUT2D eigenvalue weighted by atomic mass is 10.2. The third-order valence-electron chi connectivity index (χ3n) is 3.04. The lowest BCUT2D eigenvalue weighted by Crippen LogP contribution is -2.15. The molecule has 1 N–H and O–H groups in total. The Labute approximate surface area is 141 Å². The van der Waals surface area contributed by atoms with Gasteiger partial charge in [-0.05, 0) is 31.2 Å². The van der Waals surface area contributed by atoms with E-state index in [1.165, 1.54) is 23.9 Å². The van der Waals surface area contributed by atoms with Crippen LogP contribution in [0.15, 0.2) is 42.1 Å². The van der Waals surface area contributed by atoms with Crippen LogP contribution in [0.3, 0.4) is 0 Å². The fourth-order valence-electron chi connectivity index (χ4n) is 1.88. The molecule has 0 aliphatic rings. The third kappa shape index (κ3) is 4.60. The number of benzene rings is 1. The van der Waals surface area contributed by atoms with Crippen LogP contribution in [0.5, 0.6) is 0 Å². The Morgan fingerprint density at radius 2 is 2.00 bits per heavy atom. The average molecular weight is 356 g/mol. The molecule has 0 radical (unpaired) electrons. The van der Waals surface area contributed by atoms with Gasteiger partial charge in [-0.25, -0.2) is 0 Å². The van der Waals surface area contributed by atoms with Gasteiger partial charge in [0, 0.05) is 12.2 Å². The number of rotatable bonds is 6. The maximum atomic E-state index is 12.5. The molecule has 1 aromatic carbocycles. The molecular weight excluding hydrogens is 341 g/mol. The minimum absolute atomic E-state index is 0.0658. The number of allylic oxidation sites excluding steroid dienone is 1. The van der Waals surface area contributed by atoms with Crippen LogP contribution in [0.4, 0.5) is 18.9 Å². The Hall–Kier alpha value is -2.29. The summed E-state index contributed by atoms with van der Waals surface area (Å²) < 4.78 is 39.2. The molecule has 5 nitrogen and oxygen atoms in total. The van der Waals surface area contributed by atoms with Crippen molar-refractivity contribution < 1.29 is 18.0 Å². The van der Waals surface area contributed by atoms with E-state index < -0.39 is 11.7 Å². The zero-order chi connectivity index (χ0) is 17.7. The van der Waals surface area contributed by atoms with E-state index in [1.807, 2.05) is 4.57 Å². The highest BCUT2D eigenvalue weighted by molar-refractivity contribution is 7.99. The number of alkyl halides is 3. The summed E-state index contributed by atoms with van der Waals surface area (Å²) in [6, 6.07) is 4.28. The van der Waals surface area contributed by atoms with Crippen molar-refractivity contribution in [3.8, 4) is 0 Å². The van der Waals surface area contributed by atoms with Crippen molar-refractivity contribution in [2.75, 3.05) is 11.1 Å². The molecule has 0 aliphatic heterocycles. The van der Waals surface area contributed by atoms with Crippen molar-refractivity contribution in [1.29, 1.82) is 0 Å². The average Bonchev–Trinajstić information content (AvgIpc) is 2.86. The number of aromatic nitrogens is 3. The highest BCUT2D eigenvalue weighted by Crippen LogP contribution is 2.29. The van der Waals surface area contributed by atoms with Crippen LogP contribution in [0.1, 0.15) is 11.4 Å². The standard InChI is InChI=1S/C15H15F3N4OS/c1-3-8-22-10(2)20-21-14(22)24-9-13(23)19-12-6-4-11(5-7-12)15(16,17)18/h3-7H,1,8-9H2,2H3,(H,19,23). The fourth-order valence-corrected chi connectivity index (χ4v) is 2.67. The van der Waals surface area contributed by atoms with Crippen LogP contribution in [-0.2, 0) is 17.5 Å². The highest BCUT2D eigenvalue weighted by Gasteiger charge is 2.29. The zero-order valence-electron chi connectivity index (χ0n) is 12.8. The molecule has 128 valence electrons. The maximum absolute atomic E-state index is 12.5. The molecule has 1 heterocycles. The number of nitrogens with zero attached hydrogens (tertiary/aromatic N) is 3. The monoisotopic (exact) mass is 356 g/mol. The van der Waals surface area contributed by atoms with Crippen molar-refractivity contribution in [3.63, 3.8) is 0 Å². The first-order valence-electron chi connectivity index (χ1n) is 6.92. The number of anilines is 1. The largest absolute Gasteiger partial charge is 0.416 e. The summed E-state index contributed by atoms with van der Waals surface area (Å²) in [6.07, 6.45) is -2.70. The van der Waals surface area contributed by atoms with E-state index in [0.29, 0.717) is 23.2 Å². The number of carbonyl (C=O) groups is 1. The number of aryl methyl sites for hydroxylation is 1. The molecule has 0 saturated heterocycles. The molecule has 0 aliphatic carbocycles. The fraction of sp³-hybridized carbons (Fsp3) is 0.267. The summed E-state index contributed by atoms with van der Waals surface area (Å²) in [5, 5.41) is 11.0. The van der Waals surface area contributed by atoms with Gasteiger partial charge in [-0.1, -0.05) is 17.8 Å². The summed E-state index contributed by atoms with van der Waals surface area (Å²) in [6.45, 7) is 5.97. The Morgan fingerprint density at radius 1 is 1.33 bits per heavy atom. The van der Waals surface area contributed by atoms with Crippen LogP contribution >= 0.6 is 11.8 Å². The van der Waals surface area contributed by atoms with Gasteiger partial charge < -0.3 is 9.88 Å². The van der Waals surface area contributed by atoms with Crippen LogP contribution in [0.2, 0.25) is 0 Å². The molecule has 2 rings (SSSR count). The number of carbonyl (C=O) groups excluding carboxylic acids is 1. The molecule has 0 saturated carbocycles. The van der Waals surface area contributed by atoms with E-state index in [4.69, 9.17) is 0 Å². The first-order chi connectivity index (χ1) is 11.3. The quantitative estimate of drug-likeness (QED) is 0.635. The minimum atomic E-state index is -4.40. The molecule has 1 aromatic heterocycles. The van der Waals surface area contributed by atoms with E-state index in [1.54, 1.807) is 13.0 Å². The summed E-state index contributed by atoms with van der Waals surface area (Å²) in [5.74, 6) is 0.433. The van der Waals surface area contributed by atoms with E-state index in [2.05, 4.69) is 22.1 Å². The van der Waals surface area contributed by atoms with Gasteiger partial charge in [-0.3, -0.25) is 4.79 Å². The lowest BCUT2D eigenvalue weighted by molar-refractivity contribution is -0.137. The number of nitrogens with one attached hydrogen (secondary N) is 1.